The number of hydrogen-bond acceptors (Lipinski definition) is 3. The fourth-order valence-corrected chi connectivity index (χ4v) is 3.12. The van der Waals surface area contributed by atoms with Crippen LogP contribution in [0, 0.1) is 0 Å². The van der Waals surface area contributed by atoms with Crippen LogP contribution < -0.4 is 5.32 Å². The zero-order valence-corrected chi connectivity index (χ0v) is 13.4. The van der Waals surface area contributed by atoms with Crippen LogP contribution in [-0.2, 0) is 0 Å². The molecule has 1 aliphatic rings. The monoisotopic (exact) mass is 348 g/mol. The van der Waals surface area contributed by atoms with Crippen molar-refractivity contribution in [1.82, 2.24) is 20.4 Å². The molecule has 2 N–H and O–H groups in total. The molecule has 0 aliphatic carbocycles. The number of halogens is 1. The molecular formula is C15H17BrN4O. The minimum atomic E-state index is -0.00874. The van der Waals surface area contributed by atoms with Crippen molar-refractivity contribution in [3.8, 4) is 11.3 Å². The van der Waals surface area contributed by atoms with Crippen molar-refractivity contribution in [1.29, 1.82) is 0 Å². The Morgan fingerprint density at radius 1 is 1.38 bits per heavy atom. The summed E-state index contributed by atoms with van der Waals surface area (Å²) in [6, 6.07) is 10.00. The van der Waals surface area contributed by atoms with Crippen LogP contribution in [-0.4, -0.2) is 46.7 Å². The van der Waals surface area contributed by atoms with Crippen molar-refractivity contribution >= 4 is 21.8 Å². The predicted molar refractivity (Wildman–Crippen MR) is 85.1 cm³/mol. The molecule has 0 unspecified atom stereocenters. The van der Waals surface area contributed by atoms with E-state index in [0.29, 0.717) is 12.2 Å². The van der Waals surface area contributed by atoms with E-state index in [-0.39, 0.29) is 11.9 Å². The van der Waals surface area contributed by atoms with Gasteiger partial charge in [-0.05, 0) is 22.9 Å². The van der Waals surface area contributed by atoms with Crippen LogP contribution >= 0.6 is 15.9 Å². The molecule has 2 aromatic rings. The summed E-state index contributed by atoms with van der Waals surface area (Å²) in [5, 5.41) is 10.5. The number of carbonyl (C=O) groups is 1. The fraction of sp³-hybridized carbons (Fsp3) is 0.333. The van der Waals surface area contributed by atoms with Gasteiger partial charge in [0.05, 0.1) is 4.47 Å². The number of H-pyrrole nitrogens is 1. The highest BCUT2D eigenvalue weighted by atomic mass is 79.9. The molecule has 1 amide bonds. The Kier molecular flexibility index (Phi) is 4.07. The van der Waals surface area contributed by atoms with Gasteiger partial charge in [-0.2, -0.15) is 5.10 Å². The summed E-state index contributed by atoms with van der Waals surface area (Å²) in [5.74, 6) is -0.00874. The van der Waals surface area contributed by atoms with Gasteiger partial charge in [-0.15, -0.1) is 0 Å². The van der Waals surface area contributed by atoms with Crippen LogP contribution in [0.1, 0.15) is 17.4 Å². The number of carbonyl (C=O) groups excluding carboxylic acids is 1. The third kappa shape index (κ3) is 2.73. The molecule has 0 saturated carbocycles. The van der Waals surface area contributed by atoms with Gasteiger partial charge in [0.25, 0.3) is 5.91 Å². The van der Waals surface area contributed by atoms with E-state index >= 15 is 0 Å². The number of nitrogens with one attached hydrogen (secondary N) is 2. The highest BCUT2D eigenvalue weighted by Gasteiger charge is 2.28. The summed E-state index contributed by atoms with van der Waals surface area (Å²) in [5.41, 5.74) is 2.26. The first-order valence-corrected chi connectivity index (χ1v) is 7.78. The Morgan fingerprint density at radius 2 is 2.14 bits per heavy atom. The molecule has 3 rings (SSSR count). The Hall–Kier alpha value is -1.66. The topological polar surface area (TPSA) is 61.0 Å². The number of aromatic amines is 1. The molecule has 1 aromatic carbocycles. The summed E-state index contributed by atoms with van der Waals surface area (Å²) in [6.07, 6.45) is 0. The van der Waals surface area contributed by atoms with E-state index in [0.717, 1.165) is 28.8 Å². The van der Waals surface area contributed by atoms with Crippen molar-refractivity contribution < 1.29 is 4.79 Å². The molecule has 0 radical (unpaired) electrons. The first kappa shape index (κ1) is 14.3. The number of aromatic nitrogens is 2. The fourth-order valence-electron chi connectivity index (χ4n) is 2.54. The second kappa shape index (κ2) is 5.99. The smallest absolute Gasteiger partial charge is 0.273 e. The zero-order valence-electron chi connectivity index (χ0n) is 11.8. The van der Waals surface area contributed by atoms with Gasteiger partial charge < -0.3 is 10.2 Å². The van der Waals surface area contributed by atoms with Crippen molar-refractivity contribution in [2.75, 3.05) is 19.6 Å². The van der Waals surface area contributed by atoms with Crippen molar-refractivity contribution in [2.24, 2.45) is 0 Å². The maximum Gasteiger partial charge on any atom is 0.273 e. The number of benzene rings is 1. The minimum absolute atomic E-state index is 0.00874. The third-order valence-electron chi connectivity index (χ3n) is 3.73. The van der Waals surface area contributed by atoms with Crippen LogP contribution in [0.25, 0.3) is 11.3 Å². The molecule has 1 fully saturated rings. The van der Waals surface area contributed by atoms with Crippen LogP contribution in [0.2, 0.25) is 0 Å². The molecular weight excluding hydrogens is 332 g/mol. The SMILES string of the molecule is C[C@H]1CNCCN1C(=O)c1[nH]nc(-c2ccccc2)c1Br. The number of hydrogen-bond donors (Lipinski definition) is 2. The van der Waals surface area contributed by atoms with E-state index in [2.05, 4.69) is 31.4 Å². The number of rotatable bonds is 2. The van der Waals surface area contributed by atoms with Crippen LogP contribution in [0.5, 0.6) is 0 Å². The average molecular weight is 349 g/mol. The van der Waals surface area contributed by atoms with Crippen LogP contribution in [0.15, 0.2) is 34.8 Å². The van der Waals surface area contributed by atoms with E-state index in [1.165, 1.54) is 0 Å². The lowest BCUT2D eigenvalue weighted by atomic mass is 10.1. The first-order valence-electron chi connectivity index (χ1n) is 6.99. The number of nitrogens with zero attached hydrogens (tertiary/aromatic N) is 2. The molecule has 21 heavy (non-hydrogen) atoms. The van der Waals surface area contributed by atoms with Gasteiger partial charge in [-0.1, -0.05) is 30.3 Å². The highest BCUT2D eigenvalue weighted by Crippen LogP contribution is 2.29. The Labute approximate surface area is 131 Å². The normalized spacial score (nSPS) is 18.8. The summed E-state index contributed by atoms with van der Waals surface area (Å²) in [6.45, 7) is 4.41. The van der Waals surface area contributed by atoms with Crippen molar-refractivity contribution in [3.05, 3.63) is 40.5 Å². The standard InChI is InChI=1S/C15H17BrN4O/c1-10-9-17-7-8-20(10)15(21)14-12(16)13(18-19-14)11-5-3-2-4-6-11/h2-6,10,17H,7-9H2,1H3,(H,18,19)/t10-/m0/s1. The lowest BCUT2D eigenvalue weighted by Crippen LogP contribution is -2.52. The zero-order chi connectivity index (χ0) is 14.8. The third-order valence-corrected chi connectivity index (χ3v) is 4.50. The Morgan fingerprint density at radius 3 is 2.86 bits per heavy atom. The van der Waals surface area contributed by atoms with Gasteiger partial charge >= 0.3 is 0 Å². The van der Waals surface area contributed by atoms with E-state index in [1.807, 2.05) is 42.2 Å². The summed E-state index contributed by atoms with van der Waals surface area (Å²) >= 11 is 3.52. The molecule has 6 heteroatoms. The van der Waals surface area contributed by atoms with Crippen LogP contribution in [0.4, 0.5) is 0 Å². The molecule has 1 aromatic heterocycles. The molecule has 110 valence electrons. The summed E-state index contributed by atoms with van der Waals surface area (Å²) in [7, 11) is 0. The van der Waals surface area contributed by atoms with Crippen molar-refractivity contribution in [2.45, 2.75) is 13.0 Å². The van der Waals surface area contributed by atoms with Crippen molar-refractivity contribution in [3.63, 3.8) is 0 Å². The van der Waals surface area contributed by atoms with Gasteiger partial charge in [0, 0.05) is 31.2 Å². The lowest BCUT2D eigenvalue weighted by Gasteiger charge is -2.33. The molecule has 1 atom stereocenters. The molecule has 0 bridgehead atoms. The van der Waals surface area contributed by atoms with Crippen LogP contribution in [0.3, 0.4) is 0 Å². The van der Waals surface area contributed by atoms with Gasteiger partial charge in [0.2, 0.25) is 0 Å². The quantitative estimate of drug-likeness (QED) is 0.875. The molecule has 5 nitrogen and oxygen atoms in total. The lowest BCUT2D eigenvalue weighted by molar-refractivity contribution is 0.0648. The summed E-state index contributed by atoms with van der Waals surface area (Å²) in [4.78, 5) is 14.6. The van der Waals surface area contributed by atoms with E-state index in [1.54, 1.807) is 0 Å². The maximum atomic E-state index is 12.7. The second-order valence-electron chi connectivity index (χ2n) is 5.18. The van der Waals surface area contributed by atoms with Gasteiger partial charge in [-0.25, -0.2) is 0 Å². The average Bonchev–Trinajstić information content (AvgIpc) is 2.90. The predicted octanol–water partition coefficient (Wildman–Crippen LogP) is 2.27. The summed E-state index contributed by atoms with van der Waals surface area (Å²) < 4.78 is 0.726. The van der Waals surface area contributed by atoms with E-state index in [9.17, 15) is 4.79 Å². The molecule has 1 aliphatic heterocycles. The van der Waals surface area contributed by atoms with E-state index < -0.39 is 0 Å². The van der Waals surface area contributed by atoms with Gasteiger partial charge in [0.1, 0.15) is 11.4 Å². The van der Waals surface area contributed by atoms with Gasteiger partial charge in [-0.3, -0.25) is 9.89 Å². The van der Waals surface area contributed by atoms with E-state index in [4.69, 9.17) is 0 Å². The first-order chi connectivity index (χ1) is 10.2. The number of amides is 1. The second-order valence-corrected chi connectivity index (χ2v) is 5.97. The molecule has 0 spiro atoms. The van der Waals surface area contributed by atoms with Gasteiger partial charge in [0.15, 0.2) is 0 Å². The Balaban J connectivity index is 1.90. The largest absolute Gasteiger partial charge is 0.332 e. The number of piperazine rings is 1. The maximum absolute atomic E-state index is 12.7. The molecule has 2 heterocycles. The minimum Gasteiger partial charge on any atom is -0.332 e. The molecule has 1 saturated heterocycles. The highest BCUT2D eigenvalue weighted by molar-refractivity contribution is 9.10. The Bertz CT molecular complexity index is 640.